The van der Waals surface area contributed by atoms with Gasteiger partial charge in [-0.25, -0.2) is 18.7 Å². The first-order valence-corrected chi connectivity index (χ1v) is 11.2. The third-order valence-electron chi connectivity index (χ3n) is 6.41. The van der Waals surface area contributed by atoms with Crippen LogP contribution in [0.25, 0.3) is 22.6 Å². The molecule has 2 aromatic heterocycles. The number of aryl methyl sites for hydroxylation is 2. The van der Waals surface area contributed by atoms with E-state index in [4.69, 9.17) is 9.97 Å². The van der Waals surface area contributed by atoms with E-state index in [1.165, 1.54) is 6.07 Å². The maximum Gasteiger partial charge on any atom is 0.162 e. The Hall–Kier alpha value is -3.65. The molecule has 0 unspecified atom stereocenters. The first-order chi connectivity index (χ1) is 16.3. The molecule has 3 heterocycles. The maximum atomic E-state index is 13.8. The normalized spacial score (nSPS) is 15.5. The number of hydrogen-bond donors (Lipinski definition) is 1. The predicted octanol–water partition coefficient (Wildman–Crippen LogP) is 4.62. The molecule has 0 spiro atoms. The van der Waals surface area contributed by atoms with Crippen LogP contribution in [-0.2, 0) is 12.6 Å². The van der Waals surface area contributed by atoms with Gasteiger partial charge >= 0.3 is 0 Å². The zero-order valence-electron chi connectivity index (χ0n) is 19.0. The minimum absolute atomic E-state index is 0.365. The molecule has 34 heavy (non-hydrogen) atoms. The van der Waals surface area contributed by atoms with Gasteiger partial charge < -0.3 is 10.0 Å². The molecule has 2 aromatic carbocycles. The molecule has 0 saturated carbocycles. The zero-order valence-corrected chi connectivity index (χ0v) is 19.0. The molecule has 4 aromatic rings. The van der Waals surface area contributed by atoms with Gasteiger partial charge in [0.2, 0.25) is 0 Å². The molecular formula is C26H25F2N5O. The molecule has 5 rings (SSSR count). The van der Waals surface area contributed by atoms with Crippen molar-refractivity contribution in [1.82, 2.24) is 19.7 Å². The fraction of sp³-hybridized carbons (Fsp3) is 0.269. The number of anilines is 1. The lowest BCUT2D eigenvalue weighted by Crippen LogP contribution is -2.43. The fourth-order valence-electron chi connectivity index (χ4n) is 4.48. The summed E-state index contributed by atoms with van der Waals surface area (Å²) in [5.41, 5.74) is 2.66. The van der Waals surface area contributed by atoms with E-state index in [0.29, 0.717) is 37.3 Å². The van der Waals surface area contributed by atoms with Crippen molar-refractivity contribution in [1.29, 1.82) is 0 Å². The summed E-state index contributed by atoms with van der Waals surface area (Å²) in [6, 6.07) is 15.3. The lowest BCUT2D eigenvalue weighted by atomic mass is 9.84. The molecule has 1 aliphatic heterocycles. The van der Waals surface area contributed by atoms with Crippen LogP contribution >= 0.6 is 0 Å². The van der Waals surface area contributed by atoms with Gasteiger partial charge in [0.1, 0.15) is 5.82 Å². The van der Waals surface area contributed by atoms with Gasteiger partial charge in [0.15, 0.2) is 17.5 Å². The first-order valence-electron chi connectivity index (χ1n) is 11.2. The molecule has 1 saturated heterocycles. The van der Waals surface area contributed by atoms with Gasteiger partial charge in [0, 0.05) is 43.5 Å². The number of rotatable bonds is 4. The highest BCUT2D eigenvalue weighted by Crippen LogP contribution is 2.36. The van der Waals surface area contributed by atoms with Crippen molar-refractivity contribution in [2.24, 2.45) is 7.05 Å². The first kappa shape index (κ1) is 22.2. The topological polar surface area (TPSA) is 67.1 Å². The Bertz CT molecular complexity index is 1330. The molecule has 0 bridgehead atoms. The predicted molar refractivity (Wildman–Crippen MR) is 126 cm³/mol. The number of nitrogens with zero attached hydrogens (tertiary/aromatic N) is 5. The minimum atomic E-state index is -1.22. The Balaban J connectivity index is 1.48. The summed E-state index contributed by atoms with van der Waals surface area (Å²) in [6.07, 6.45) is 2.67. The standard InChI is InChI=1S/C26H25F2N5O/c1-17-20(16-32(2)31-17)23-15-24(30-25(29-23)18-6-4-3-5-7-18)33-12-10-26(34,11-13-33)19-8-9-21(27)22(28)14-19/h3-9,14-16,34H,10-13H2,1-2H3. The van der Waals surface area contributed by atoms with E-state index < -0.39 is 17.2 Å². The summed E-state index contributed by atoms with van der Waals surface area (Å²) < 4.78 is 28.9. The van der Waals surface area contributed by atoms with Crippen LogP contribution in [0.2, 0.25) is 0 Å². The molecule has 0 aliphatic carbocycles. The van der Waals surface area contributed by atoms with Crippen LogP contribution in [-0.4, -0.2) is 37.9 Å². The quantitative estimate of drug-likeness (QED) is 0.481. The van der Waals surface area contributed by atoms with Gasteiger partial charge in [-0.2, -0.15) is 5.10 Å². The van der Waals surface area contributed by atoms with Crippen LogP contribution in [0, 0.1) is 18.6 Å². The van der Waals surface area contributed by atoms with Gasteiger partial charge in [-0.1, -0.05) is 36.4 Å². The number of aromatic nitrogens is 4. The molecule has 0 radical (unpaired) electrons. The van der Waals surface area contributed by atoms with Gasteiger partial charge in [-0.3, -0.25) is 4.68 Å². The number of hydrogen-bond acceptors (Lipinski definition) is 5. The van der Waals surface area contributed by atoms with E-state index in [9.17, 15) is 13.9 Å². The summed E-state index contributed by atoms with van der Waals surface area (Å²) in [7, 11) is 1.88. The van der Waals surface area contributed by atoms with E-state index in [1.54, 1.807) is 4.68 Å². The summed E-state index contributed by atoms with van der Waals surface area (Å²) in [6.45, 7) is 2.96. The number of halogens is 2. The minimum Gasteiger partial charge on any atom is -0.385 e. The number of benzene rings is 2. The van der Waals surface area contributed by atoms with Crippen LogP contribution in [0.1, 0.15) is 24.1 Å². The average molecular weight is 462 g/mol. The summed E-state index contributed by atoms with van der Waals surface area (Å²) in [4.78, 5) is 11.7. The average Bonchev–Trinajstić information content (AvgIpc) is 3.19. The Morgan fingerprint density at radius 2 is 1.68 bits per heavy atom. The third-order valence-corrected chi connectivity index (χ3v) is 6.41. The zero-order chi connectivity index (χ0) is 23.9. The van der Waals surface area contributed by atoms with Crippen LogP contribution < -0.4 is 4.90 Å². The van der Waals surface area contributed by atoms with E-state index in [0.717, 1.165) is 40.5 Å². The van der Waals surface area contributed by atoms with E-state index >= 15 is 0 Å². The molecule has 1 N–H and O–H groups in total. The molecule has 1 aliphatic rings. The second-order valence-electron chi connectivity index (χ2n) is 8.75. The monoisotopic (exact) mass is 461 g/mol. The van der Waals surface area contributed by atoms with Gasteiger partial charge in [-0.05, 0) is 37.5 Å². The van der Waals surface area contributed by atoms with Crippen molar-refractivity contribution >= 4 is 5.82 Å². The molecule has 1 fully saturated rings. The Morgan fingerprint density at radius 1 is 0.941 bits per heavy atom. The molecule has 174 valence electrons. The lowest BCUT2D eigenvalue weighted by Gasteiger charge is -2.39. The van der Waals surface area contributed by atoms with E-state index in [-0.39, 0.29) is 0 Å². The van der Waals surface area contributed by atoms with Gasteiger partial charge in [-0.15, -0.1) is 0 Å². The van der Waals surface area contributed by atoms with Crippen molar-refractivity contribution in [3.63, 3.8) is 0 Å². The van der Waals surface area contributed by atoms with Crippen LogP contribution in [0.15, 0.2) is 60.8 Å². The lowest BCUT2D eigenvalue weighted by molar-refractivity contribution is 0.0113. The number of piperidine rings is 1. The molecular weight excluding hydrogens is 436 g/mol. The van der Waals surface area contributed by atoms with Crippen molar-refractivity contribution < 1.29 is 13.9 Å². The van der Waals surface area contributed by atoms with E-state index in [1.807, 2.05) is 56.6 Å². The highest BCUT2D eigenvalue weighted by molar-refractivity contribution is 5.69. The van der Waals surface area contributed by atoms with Gasteiger partial charge in [0.05, 0.1) is 17.0 Å². The highest BCUT2D eigenvalue weighted by atomic mass is 19.2. The molecule has 6 nitrogen and oxygen atoms in total. The Morgan fingerprint density at radius 3 is 2.32 bits per heavy atom. The smallest absolute Gasteiger partial charge is 0.162 e. The molecule has 0 atom stereocenters. The van der Waals surface area contributed by atoms with Crippen LogP contribution in [0.5, 0.6) is 0 Å². The van der Waals surface area contributed by atoms with E-state index in [2.05, 4.69) is 10.00 Å². The summed E-state index contributed by atoms with van der Waals surface area (Å²) >= 11 is 0. The largest absolute Gasteiger partial charge is 0.385 e. The molecule has 0 amide bonds. The number of aliphatic hydroxyl groups is 1. The van der Waals surface area contributed by atoms with Crippen molar-refractivity contribution in [2.45, 2.75) is 25.4 Å². The summed E-state index contributed by atoms with van der Waals surface area (Å²) in [5, 5.41) is 15.6. The highest BCUT2D eigenvalue weighted by Gasteiger charge is 2.35. The summed E-state index contributed by atoms with van der Waals surface area (Å²) in [5.74, 6) is -0.511. The second-order valence-corrected chi connectivity index (χ2v) is 8.75. The third kappa shape index (κ3) is 4.17. The SMILES string of the molecule is Cc1nn(C)cc1-c1cc(N2CCC(O)(c3ccc(F)c(F)c3)CC2)nc(-c2ccccc2)n1. The Kier molecular flexibility index (Phi) is 5.61. The van der Waals surface area contributed by atoms with Gasteiger partial charge in [0.25, 0.3) is 0 Å². The second kappa shape index (κ2) is 8.61. The Labute approximate surface area is 196 Å². The fourth-order valence-corrected chi connectivity index (χ4v) is 4.48. The molecule has 8 heteroatoms. The van der Waals surface area contributed by atoms with Crippen LogP contribution in [0.4, 0.5) is 14.6 Å². The maximum absolute atomic E-state index is 13.8. The van der Waals surface area contributed by atoms with Crippen molar-refractivity contribution in [2.75, 3.05) is 18.0 Å². The van der Waals surface area contributed by atoms with Crippen molar-refractivity contribution in [3.05, 3.63) is 83.7 Å². The van der Waals surface area contributed by atoms with Crippen LogP contribution in [0.3, 0.4) is 0 Å². The van der Waals surface area contributed by atoms with Crippen molar-refractivity contribution in [3.8, 4) is 22.6 Å².